The molecule has 0 aromatic heterocycles. The van der Waals surface area contributed by atoms with Crippen LogP contribution in [0.3, 0.4) is 0 Å². The highest BCUT2D eigenvalue weighted by Crippen LogP contribution is 2.12. The van der Waals surface area contributed by atoms with Crippen LogP contribution in [-0.2, 0) is 0 Å². The molecule has 0 fully saturated rings. The molecule has 0 saturated heterocycles. The standard InChI is InChI=1S/C14H15N3/c1-12(2)17(13(3)4)14(11-16)9-7-5-6-8-10-15/h9,12-13H,1-4H3/b14-9+. The Morgan fingerprint density at radius 3 is 2.00 bits per heavy atom. The van der Waals surface area contributed by atoms with Gasteiger partial charge in [-0.2, -0.15) is 10.5 Å². The van der Waals surface area contributed by atoms with Crippen molar-refractivity contribution in [3.8, 4) is 35.8 Å². The van der Waals surface area contributed by atoms with Crippen molar-refractivity contribution in [3.05, 3.63) is 11.8 Å². The first-order chi connectivity index (χ1) is 8.04. The Labute approximate surface area is 103 Å². The molecule has 17 heavy (non-hydrogen) atoms. The summed E-state index contributed by atoms with van der Waals surface area (Å²) in [5, 5.41) is 17.3. The molecule has 0 atom stereocenters. The molecule has 86 valence electrons. The van der Waals surface area contributed by atoms with Gasteiger partial charge in [-0.1, -0.05) is 5.92 Å². The van der Waals surface area contributed by atoms with Crippen molar-refractivity contribution in [2.24, 2.45) is 0 Å². The maximum Gasteiger partial charge on any atom is 0.153 e. The molecule has 3 nitrogen and oxygen atoms in total. The molecule has 0 rings (SSSR count). The van der Waals surface area contributed by atoms with Crippen LogP contribution in [0.25, 0.3) is 0 Å². The zero-order valence-electron chi connectivity index (χ0n) is 10.6. The lowest BCUT2D eigenvalue weighted by Crippen LogP contribution is -2.35. The highest BCUT2D eigenvalue weighted by atomic mass is 15.2. The number of nitriles is 2. The van der Waals surface area contributed by atoms with Crippen molar-refractivity contribution in [3.63, 3.8) is 0 Å². The molecule has 0 heterocycles. The average molecular weight is 225 g/mol. The lowest BCUT2D eigenvalue weighted by atomic mass is 10.2. The fourth-order valence-corrected chi connectivity index (χ4v) is 1.52. The second-order valence-corrected chi connectivity index (χ2v) is 3.87. The van der Waals surface area contributed by atoms with Crippen LogP contribution < -0.4 is 0 Å². The van der Waals surface area contributed by atoms with Gasteiger partial charge in [-0.3, -0.25) is 0 Å². The Morgan fingerprint density at radius 1 is 1.00 bits per heavy atom. The molecule has 0 aromatic rings. The van der Waals surface area contributed by atoms with Crippen molar-refractivity contribution in [1.82, 2.24) is 4.90 Å². The van der Waals surface area contributed by atoms with Gasteiger partial charge in [0.1, 0.15) is 11.8 Å². The van der Waals surface area contributed by atoms with Crippen molar-refractivity contribution in [1.29, 1.82) is 10.5 Å². The Bertz CT molecular complexity index is 468. The summed E-state index contributed by atoms with van der Waals surface area (Å²) in [6.45, 7) is 8.09. The first kappa shape index (κ1) is 14.6. The van der Waals surface area contributed by atoms with E-state index in [9.17, 15) is 0 Å². The Morgan fingerprint density at radius 2 is 1.59 bits per heavy atom. The lowest BCUT2D eigenvalue weighted by molar-refractivity contribution is 0.241. The van der Waals surface area contributed by atoms with E-state index in [1.165, 1.54) is 6.08 Å². The van der Waals surface area contributed by atoms with E-state index in [-0.39, 0.29) is 12.1 Å². The van der Waals surface area contributed by atoms with Gasteiger partial charge in [0.25, 0.3) is 0 Å². The van der Waals surface area contributed by atoms with Gasteiger partial charge in [-0.25, -0.2) is 0 Å². The van der Waals surface area contributed by atoms with Crippen LogP contribution in [0, 0.1) is 46.3 Å². The van der Waals surface area contributed by atoms with E-state index in [1.54, 1.807) is 6.07 Å². The van der Waals surface area contributed by atoms with E-state index in [2.05, 4.69) is 29.8 Å². The molecule has 0 aliphatic carbocycles. The third-order valence-corrected chi connectivity index (χ3v) is 1.97. The molecule has 0 spiro atoms. The molecule has 3 heteroatoms. The topological polar surface area (TPSA) is 50.8 Å². The molecular formula is C14H15N3. The number of hydrogen-bond acceptors (Lipinski definition) is 3. The smallest absolute Gasteiger partial charge is 0.153 e. The average Bonchev–Trinajstić information content (AvgIpc) is 2.25. The van der Waals surface area contributed by atoms with Gasteiger partial charge in [0, 0.05) is 30.0 Å². The van der Waals surface area contributed by atoms with E-state index in [1.807, 2.05) is 32.6 Å². The van der Waals surface area contributed by atoms with Gasteiger partial charge >= 0.3 is 0 Å². The molecule has 0 N–H and O–H groups in total. The van der Waals surface area contributed by atoms with Crippen LogP contribution >= 0.6 is 0 Å². The SMILES string of the molecule is CC(C)N(/C(C#N)=C/C#CC#CC#N)C(C)C. The molecular weight excluding hydrogens is 210 g/mol. The van der Waals surface area contributed by atoms with Gasteiger partial charge < -0.3 is 4.90 Å². The first-order valence-corrected chi connectivity index (χ1v) is 5.32. The number of hydrogen-bond donors (Lipinski definition) is 0. The van der Waals surface area contributed by atoms with Crippen molar-refractivity contribution < 1.29 is 0 Å². The molecule has 0 unspecified atom stereocenters. The molecule has 0 bridgehead atoms. The Hall–Kier alpha value is -2.36. The fourth-order valence-electron chi connectivity index (χ4n) is 1.52. The normalized spacial score (nSPS) is 9.53. The van der Waals surface area contributed by atoms with Crippen LogP contribution in [0.15, 0.2) is 11.8 Å². The summed E-state index contributed by atoms with van der Waals surface area (Å²) >= 11 is 0. The van der Waals surface area contributed by atoms with Crippen LogP contribution in [0.1, 0.15) is 27.7 Å². The second-order valence-electron chi connectivity index (χ2n) is 3.87. The minimum atomic E-state index is 0.230. The monoisotopic (exact) mass is 225 g/mol. The summed E-state index contributed by atoms with van der Waals surface area (Å²) in [7, 11) is 0. The van der Waals surface area contributed by atoms with E-state index in [0.29, 0.717) is 5.70 Å². The second kappa shape index (κ2) is 7.87. The Kier molecular flexibility index (Phi) is 6.78. The van der Waals surface area contributed by atoms with Crippen molar-refractivity contribution in [2.45, 2.75) is 39.8 Å². The largest absolute Gasteiger partial charge is 0.358 e. The van der Waals surface area contributed by atoms with Crippen LogP contribution in [-0.4, -0.2) is 17.0 Å². The van der Waals surface area contributed by atoms with Gasteiger partial charge in [0.05, 0.1) is 0 Å². The van der Waals surface area contributed by atoms with Crippen molar-refractivity contribution >= 4 is 0 Å². The predicted octanol–water partition coefficient (Wildman–Crippen LogP) is 2.04. The minimum Gasteiger partial charge on any atom is -0.358 e. The third kappa shape index (κ3) is 5.32. The predicted molar refractivity (Wildman–Crippen MR) is 67.0 cm³/mol. The van der Waals surface area contributed by atoms with Crippen LogP contribution in [0.4, 0.5) is 0 Å². The number of nitrogens with zero attached hydrogens (tertiary/aromatic N) is 3. The van der Waals surface area contributed by atoms with E-state index < -0.39 is 0 Å². The summed E-state index contributed by atoms with van der Waals surface area (Å²) in [4.78, 5) is 1.98. The zero-order chi connectivity index (χ0) is 13.3. The maximum atomic E-state index is 9.08. The lowest BCUT2D eigenvalue weighted by Gasteiger charge is -2.31. The molecule has 0 aromatic carbocycles. The van der Waals surface area contributed by atoms with Gasteiger partial charge in [-0.15, -0.1) is 0 Å². The quantitative estimate of drug-likeness (QED) is 0.545. The van der Waals surface area contributed by atoms with E-state index >= 15 is 0 Å². The minimum absolute atomic E-state index is 0.230. The van der Waals surface area contributed by atoms with Crippen molar-refractivity contribution in [2.75, 3.05) is 0 Å². The zero-order valence-corrected chi connectivity index (χ0v) is 10.6. The molecule has 0 saturated carbocycles. The highest BCUT2D eigenvalue weighted by Gasteiger charge is 2.15. The molecule has 0 amide bonds. The summed E-state index contributed by atoms with van der Waals surface area (Å²) in [6, 6.07) is 4.26. The first-order valence-electron chi connectivity index (χ1n) is 5.32. The molecule has 0 radical (unpaired) electrons. The van der Waals surface area contributed by atoms with Gasteiger partial charge in [0.2, 0.25) is 0 Å². The number of rotatable bonds is 3. The summed E-state index contributed by atoms with van der Waals surface area (Å²) < 4.78 is 0. The van der Waals surface area contributed by atoms with Crippen LogP contribution in [0.2, 0.25) is 0 Å². The summed E-state index contributed by atoms with van der Waals surface area (Å²) in [5.74, 6) is 9.69. The van der Waals surface area contributed by atoms with Crippen LogP contribution in [0.5, 0.6) is 0 Å². The number of allylic oxidation sites excluding steroid dienone is 2. The highest BCUT2D eigenvalue weighted by molar-refractivity contribution is 5.38. The summed E-state index contributed by atoms with van der Waals surface area (Å²) in [6.07, 6.45) is 1.53. The third-order valence-electron chi connectivity index (χ3n) is 1.97. The van der Waals surface area contributed by atoms with Gasteiger partial charge in [-0.05, 0) is 33.6 Å². The molecule has 0 aliphatic heterocycles. The Balaban J connectivity index is 5.06. The van der Waals surface area contributed by atoms with Gasteiger partial charge in [0.15, 0.2) is 6.07 Å². The van der Waals surface area contributed by atoms with E-state index in [0.717, 1.165) is 0 Å². The van der Waals surface area contributed by atoms with E-state index in [4.69, 9.17) is 10.5 Å². The maximum absolute atomic E-state index is 9.08. The molecule has 0 aliphatic rings. The summed E-state index contributed by atoms with van der Waals surface area (Å²) in [5.41, 5.74) is 0.515. The fraction of sp³-hybridized carbons (Fsp3) is 0.429.